The second kappa shape index (κ2) is 7.26. The smallest absolute Gasteiger partial charge is 0.250 e. The van der Waals surface area contributed by atoms with Crippen molar-refractivity contribution in [1.82, 2.24) is 19.8 Å². The first-order chi connectivity index (χ1) is 13.1. The van der Waals surface area contributed by atoms with Crippen LogP contribution in [0.15, 0.2) is 54.6 Å². The van der Waals surface area contributed by atoms with E-state index in [-0.39, 0.29) is 10.9 Å². The Morgan fingerprint density at radius 1 is 1.19 bits per heavy atom. The van der Waals surface area contributed by atoms with Gasteiger partial charge in [0, 0.05) is 11.6 Å². The van der Waals surface area contributed by atoms with E-state index < -0.39 is 5.82 Å². The van der Waals surface area contributed by atoms with Crippen molar-refractivity contribution < 1.29 is 9.18 Å². The molecule has 134 valence electrons. The van der Waals surface area contributed by atoms with E-state index in [2.05, 4.69) is 20.6 Å². The first kappa shape index (κ1) is 17.3. The molecular formula is C18H11ClFN5OS. The van der Waals surface area contributed by atoms with Crippen LogP contribution in [-0.4, -0.2) is 25.7 Å². The number of nitrogens with one attached hydrogen (secondary N) is 1. The molecule has 0 unspecified atom stereocenters. The molecule has 0 bridgehead atoms. The van der Waals surface area contributed by atoms with Gasteiger partial charge in [0.1, 0.15) is 5.82 Å². The number of benzene rings is 2. The van der Waals surface area contributed by atoms with E-state index in [9.17, 15) is 9.18 Å². The number of anilines is 1. The molecule has 9 heteroatoms. The number of hydrogen-bond acceptors (Lipinski definition) is 5. The SMILES string of the molecule is O=C(/C=C/c1ccccc1)Nc1nn2c(-c3ccc(F)c(Cl)c3)nnc2s1. The van der Waals surface area contributed by atoms with Gasteiger partial charge in [-0.15, -0.1) is 15.3 Å². The lowest BCUT2D eigenvalue weighted by atomic mass is 10.2. The lowest BCUT2D eigenvalue weighted by molar-refractivity contribution is -0.111. The van der Waals surface area contributed by atoms with Gasteiger partial charge >= 0.3 is 0 Å². The van der Waals surface area contributed by atoms with Crippen molar-refractivity contribution in [2.45, 2.75) is 0 Å². The summed E-state index contributed by atoms with van der Waals surface area (Å²) in [4.78, 5) is 12.6. The van der Waals surface area contributed by atoms with Crippen molar-refractivity contribution in [3.8, 4) is 11.4 Å². The normalized spacial score (nSPS) is 11.3. The molecule has 1 amide bonds. The summed E-state index contributed by atoms with van der Waals surface area (Å²) in [5, 5.41) is 15.4. The monoisotopic (exact) mass is 399 g/mol. The van der Waals surface area contributed by atoms with Gasteiger partial charge in [0.25, 0.3) is 0 Å². The van der Waals surface area contributed by atoms with Crippen LogP contribution in [0, 0.1) is 5.82 Å². The zero-order valence-electron chi connectivity index (χ0n) is 13.6. The molecule has 0 aliphatic rings. The molecule has 27 heavy (non-hydrogen) atoms. The Morgan fingerprint density at radius 3 is 2.78 bits per heavy atom. The average Bonchev–Trinajstić information content (AvgIpc) is 3.23. The average molecular weight is 400 g/mol. The van der Waals surface area contributed by atoms with Crippen molar-refractivity contribution >= 4 is 45.0 Å². The lowest BCUT2D eigenvalue weighted by Crippen LogP contribution is -2.08. The molecule has 0 aliphatic carbocycles. The largest absolute Gasteiger partial charge is 0.297 e. The van der Waals surface area contributed by atoms with E-state index in [0.717, 1.165) is 5.56 Å². The minimum atomic E-state index is -0.516. The van der Waals surface area contributed by atoms with E-state index in [4.69, 9.17) is 11.6 Å². The van der Waals surface area contributed by atoms with Gasteiger partial charge in [-0.05, 0) is 29.8 Å². The van der Waals surface area contributed by atoms with E-state index >= 15 is 0 Å². The Balaban J connectivity index is 1.55. The second-order valence-corrected chi connectivity index (χ2v) is 6.85. The molecule has 0 saturated carbocycles. The van der Waals surface area contributed by atoms with Crippen LogP contribution in [0.2, 0.25) is 5.02 Å². The molecule has 2 aromatic heterocycles. The Kier molecular flexibility index (Phi) is 4.66. The van der Waals surface area contributed by atoms with E-state index in [1.807, 2.05) is 30.3 Å². The molecule has 0 saturated heterocycles. The first-order valence-electron chi connectivity index (χ1n) is 7.82. The Bertz CT molecular complexity index is 1160. The summed E-state index contributed by atoms with van der Waals surface area (Å²) in [6.07, 6.45) is 3.14. The van der Waals surface area contributed by atoms with Crippen LogP contribution in [0.5, 0.6) is 0 Å². The summed E-state index contributed by atoms with van der Waals surface area (Å²) in [5.41, 5.74) is 1.49. The predicted molar refractivity (Wildman–Crippen MR) is 103 cm³/mol. The second-order valence-electron chi connectivity index (χ2n) is 5.49. The number of aromatic nitrogens is 4. The van der Waals surface area contributed by atoms with Gasteiger partial charge in [-0.1, -0.05) is 53.3 Å². The van der Waals surface area contributed by atoms with Gasteiger partial charge < -0.3 is 0 Å². The summed E-state index contributed by atoms with van der Waals surface area (Å²) >= 11 is 7.00. The lowest BCUT2D eigenvalue weighted by Gasteiger charge is -1.99. The molecule has 2 heterocycles. The molecule has 0 atom stereocenters. The minimum Gasteiger partial charge on any atom is -0.297 e. The number of carbonyl (C=O) groups is 1. The maximum Gasteiger partial charge on any atom is 0.250 e. The van der Waals surface area contributed by atoms with Gasteiger partial charge in [-0.3, -0.25) is 10.1 Å². The third-order valence-corrected chi connectivity index (χ3v) is 4.73. The highest BCUT2D eigenvalue weighted by Gasteiger charge is 2.15. The Labute approximate surface area is 161 Å². The summed E-state index contributed by atoms with van der Waals surface area (Å²) in [6.45, 7) is 0. The van der Waals surface area contributed by atoms with Gasteiger partial charge in [0.05, 0.1) is 5.02 Å². The number of halogens is 2. The number of amides is 1. The fourth-order valence-corrected chi connectivity index (χ4v) is 3.29. The van der Waals surface area contributed by atoms with Crippen molar-refractivity contribution in [1.29, 1.82) is 0 Å². The van der Waals surface area contributed by atoms with E-state index in [0.29, 0.717) is 21.5 Å². The fraction of sp³-hybridized carbons (Fsp3) is 0. The van der Waals surface area contributed by atoms with Crippen molar-refractivity contribution in [2.75, 3.05) is 5.32 Å². The topological polar surface area (TPSA) is 72.2 Å². The number of fused-ring (bicyclic) bond motifs is 1. The maximum atomic E-state index is 13.4. The van der Waals surface area contributed by atoms with Gasteiger partial charge in [-0.2, -0.15) is 4.52 Å². The van der Waals surface area contributed by atoms with Crippen molar-refractivity contribution in [2.24, 2.45) is 0 Å². The standard InChI is InChI=1S/C18H11ClFN5OS/c19-13-10-12(7-8-14(13)20)16-22-23-18-25(16)24-17(27-18)21-15(26)9-6-11-4-2-1-3-5-11/h1-10H,(H,21,24,26)/b9-6+. The van der Waals surface area contributed by atoms with Crippen LogP contribution < -0.4 is 5.32 Å². The molecule has 0 spiro atoms. The van der Waals surface area contributed by atoms with Crippen molar-refractivity contribution in [3.05, 3.63) is 71.0 Å². The third kappa shape index (κ3) is 3.71. The van der Waals surface area contributed by atoms with Gasteiger partial charge in [-0.25, -0.2) is 4.39 Å². The number of carbonyl (C=O) groups excluding carboxylic acids is 1. The van der Waals surface area contributed by atoms with Crippen LogP contribution >= 0.6 is 22.9 Å². The maximum absolute atomic E-state index is 13.4. The molecule has 0 radical (unpaired) electrons. The number of rotatable bonds is 4. The molecule has 4 aromatic rings. The summed E-state index contributed by atoms with van der Waals surface area (Å²) in [7, 11) is 0. The summed E-state index contributed by atoms with van der Waals surface area (Å²) in [6, 6.07) is 13.7. The number of hydrogen-bond donors (Lipinski definition) is 1. The van der Waals surface area contributed by atoms with Crippen LogP contribution in [0.1, 0.15) is 5.56 Å². The van der Waals surface area contributed by atoms with Crippen LogP contribution in [0.25, 0.3) is 22.4 Å². The predicted octanol–water partition coefficient (Wildman–Crippen LogP) is 4.30. The fourth-order valence-electron chi connectivity index (χ4n) is 2.37. The molecular weight excluding hydrogens is 389 g/mol. The number of nitrogens with zero attached hydrogens (tertiary/aromatic N) is 4. The van der Waals surface area contributed by atoms with Crippen LogP contribution in [0.3, 0.4) is 0 Å². The molecule has 6 nitrogen and oxygen atoms in total. The molecule has 4 rings (SSSR count). The van der Waals surface area contributed by atoms with Gasteiger partial charge in [0.15, 0.2) is 5.82 Å². The minimum absolute atomic E-state index is 0.0148. The highest BCUT2D eigenvalue weighted by Crippen LogP contribution is 2.27. The van der Waals surface area contributed by atoms with Gasteiger partial charge in [0.2, 0.25) is 16.0 Å². The van der Waals surface area contributed by atoms with E-state index in [1.54, 1.807) is 6.08 Å². The quantitative estimate of drug-likeness (QED) is 0.519. The Morgan fingerprint density at radius 2 is 2.00 bits per heavy atom. The highest BCUT2D eigenvalue weighted by molar-refractivity contribution is 7.20. The van der Waals surface area contributed by atoms with Crippen molar-refractivity contribution in [3.63, 3.8) is 0 Å². The Hall–Kier alpha value is -3.10. The molecule has 1 N–H and O–H groups in total. The zero-order chi connectivity index (χ0) is 18.8. The molecule has 2 aromatic carbocycles. The van der Waals surface area contributed by atoms with E-state index in [1.165, 1.54) is 40.1 Å². The third-order valence-electron chi connectivity index (χ3n) is 3.63. The van der Waals surface area contributed by atoms with Crippen LogP contribution in [0.4, 0.5) is 9.52 Å². The van der Waals surface area contributed by atoms with Crippen LogP contribution in [-0.2, 0) is 4.79 Å². The molecule has 0 fully saturated rings. The molecule has 0 aliphatic heterocycles. The summed E-state index contributed by atoms with van der Waals surface area (Å²) in [5.74, 6) is -0.420. The zero-order valence-corrected chi connectivity index (χ0v) is 15.2. The summed E-state index contributed by atoms with van der Waals surface area (Å²) < 4.78 is 14.8. The highest BCUT2D eigenvalue weighted by atomic mass is 35.5. The first-order valence-corrected chi connectivity index (χ1v) is 9.01.